The van der Waals surface area contributed by atoms with Crippen LogP contribution < -0.4 is 5.73 Å². The van der Waals surface area contributed by atoms with Gasteiger partial charge >= 0.3 is 5.97 Å². The fourth-order valence-electron chi connectivity index (χ4n) is 1.33. The number of hydrogen-bond acceptors (Lipinski definition) is 3. The molecule has 0 atom stereocenters. The summed E-state index contributed by atoms with van der Waals surface area (Å²) in [5.41, 5.74) is 6.46. The molecule has 15 heavy (non-hydrogen) atoms. The van der Waals surface area contributed by atoms with Crippen molar-refractivity contribution in [2.75, 3.05) is 6.61 Å². The summed E-state index contributed by atoms with van der Waals surface area (Å²) < 4.78 is 4.85. The number of rotatable bonds is 3. The van der Waals surface area contributed by atoms with Gasteiger partial charge in [-0.05, 0) is 31.5 Å². The zero-order valence-corrected chi connectivity index (χ0v) is 8.74. The van der Waals surface area contributed by atoms with Gasteiger partial charge < -0.3 is 10.5 Å². The van der Waals surface area contributed by atoms with Gasteiger partial charge in [-0.3, -0.25) is 4.79 Å². The SMILES string of the molecule is CCOC(=O)c1cccc(C(N)=O)c1C. The first kappa shape index (κ1) is 11.2. The molecular weight excluding hydrogens is 194 g/mol. The number of amides is 1. The number of esters is 1. The normalized spacial score (nSPS) is 9.73. The second-order valence-electron chi connectivity index (χ2n) is 3.06. The third-order valence-electron chi connectivity index (χ3n) is 2.09. The predicted octanol–water partition coefficient (Wildman–Crippen LogP) is 1.27. The van der Waals surface area contributed by atoms with Crippen LogP contribution in [0.25, 0.3) is 0 Å². The van der Waals surface area contributed by atoms with Crippen LogP contribution in [0.15, 0.2) is 18.2 Å². The molecule has 0 aromatic heterocycles. The van der Waals surface area contributed by atoms with Crippen LogP contribution in [-0.4, -0.2) is 18.5 Å². The average molecular weight is 207 g/mol. The van der Waals surface area contributed by atoms with E-state index in [1.165, 1.54) is 0 Å². The van der Waals surface area contributed by atoms with Crippen molar-refractivity contribution in [1.29, 1.82) is 0 Å². The average Bonchev–Trinajstić information content (AvgIpc) is 2.17. The molecule has 0 aliphatic carbocycles. The molecule has 1 aromatic rings. The van der Waals surface area contributed by atoms with Crippen molar-refractivity contribution < 1.29 is 14.3 Å². The van der Waals surface area contributed by atoms with Gasteiger partial charge in [0, 0.05) is 5.56 Å². The highest BCUT2D eigenvalue weighted by Crippen LogP contribution is 2.14. The number of carbonyl (C=O) groups is 2. The van der Waals surface area contributed by atoms with Crippen LogP contribution in [0.4, 0.5) is 0 Å². The minimum absolute atomic E-state index is 0.305. The Morgan fingerprint density at radius 3 is 2.47 bits per heavy atom. The maximum Gasteiger partial charge on any atom is 0.338 e. The van der Waals surface area contributed by atoms with Crippen LogP contribution in [-0.2, 0) is 4.74 Å². The summed E-state index contributed by atoms with van der Waals surface area (Å²) in [5, 5.41) is 0. The first-order valence-electron chi connectivity index (χ1n) is 4.64. The van der Waals surface area contributed by atoms with Crippen molar-refractivity contribution in [2.45, 2.75) is 13.8 Å². The van der Waals surface area contributed by atoms with Crippen molar-refractivity contribution in [2.24, 2.45) is 5.73 Å². The van der Waals surface area contributed by atoms with Crippen LogP contribution >= 0.6 is 0 Å². The van der Waals surface area contributed by atoms with Crippen molar-refractivity contribution in [3.05, 3.63) is 34.9 Å². The van der Waals surface area contributed by atoms with Gasteiger partial charge in [-0.15, -0.1) is 0 Å². The van der Waals surface area contributed by atoms with Gasteiger partial charge in [0.1, 0.15) is 0 Å². The zero-order chi connectivity index (χ0) is 11.4. The molecule has 0 aliphatic heterocycles. The van der Waals surface area contributed by atoms with E-state index in [9.17, 15) is 9.59 Å². The molecule has 1 aromatic carbocycles. The number of carbonyl (C=O) groups excluding carboxylic acids is 2. The lowest BCUT2D eigenvalue weighted by molar-refractivity contribution is 0.0525. The molecule has 0 aliphatic rings. The molecule has 0 spiro atoms. The van der Waals surface area contributed by atoms with E-state index in [1.54, 1.807) is 32.0 Å². The fraction of sp³-hybridized carbons (Fsp3) is 0.273. The Hall–Kier alpha value is -1.84. The van der Waals surface area contributed by atoms with E-state index in [-0.39, 0.29) is 0 Å². The van der Waals surface area contributed by atoms with E-state index >= 15 is 0 Å². The summed E-state index contributed by atoms with van der Waals surface area (Å²) >= 11 is 0. The molecule has 2 N–H and O–H groups in total. The standard InChI is InChI=1S/C11H13NO3/c1-3-15-11(14)9-6-4-5-8(7(9)2)10(12)13/h4-6H,3H2,1-2H3,(H2,12,13). The molecule has 1 amide bonds. The molecule has 0 fully saturated rings. The highest BCUT2D eigenvalue weighted by atomic mass is 16.5. The second-order valence-corrected chi connectivity index (χ2v) is 3.06. The van der Waals surface area contributed by atoms with Crippen molar-refractivity contribution in [3.8, 4) is 0 Å². The Kier molecular flexibility index (Phi) is 3.44. The highest BCUT2D eigenvalue weighted by Gasteiger charge is 2.14. The van der Waals surface area contributed by atoms with Gasteiger partial charge in [0.2, 0.25) is 5.91 Å². The molecule has 0 saturated heterocycles. The lowest BCUT2D eigenvalue weighted by Crippen LogP contribution is -2.15. The van der Waals surface area contributed by atoms with Gasteiger partial charge in [-0.1, -0.05) is 6.07 Å². The molecule has 1 rings (SSSR count). The molecule has 4 heteroatoms. The van der Waals surface area contributed by atoms with E-state index in [0.29, 0.717) is 23.3 Å². The van der Waals surface area contributed by atoms with Gasteiger partial charge in [-0.25, -0.2) is 4.79 Å². The first-order valence-corrected chi connectivity index (χ1v) is 4.64. The lowest BCUT2D eigenvalue weighted by Gasteiger charge is -2.07. The van der Waals surface area contributed by atoms with E-state index in [4.69, 9.17) is 10.5 Å². The first-order chi connectivity index (χ1) is 7.07. The molecule has 0 radical (unpaired) electrons. The van der Waals surface area contributed by atoms with Crippen molar-refractivity contribution >= 4 is 11.9 Å². The number of benzene rings is 1. The summed E-state index contributed by atoms with van der Waals surface area (Å²) in [6.45, 7) is 3.70. The molecule has 80 valence electrons. The smallest absolute Gasteiger partial charge is 0.338 e. The quantitative estimate of drug-likeness (QED) is 0.759. The molecule has 0 unspecified atom stereocenters. The highest BCUT2D eigenvalue weighted by molar-refractivity contribution is 5.99. The summed E-state index contributed by atoms with van der Waals surface area (Å²) in [6, 6.07) is 4.81. The third-order valence-corrected chi connectivity index (χ3v) is 2.09. The maximum absolute atomic E-state index is 11.5. The Morgan fingerprint density at radius 1 is 1.33 bits per heavy atom. The van der Waals surface area contributed by atoms with Crippen LogP contribution in [0.2, 0.25) is 0 Å². The van der Waals surface area contributed by atoms with E-state index in [0.717, 1.165) is 0 Å². The number of primary amides is 1. The molecule has 0 bridgehead atoms. The van der Waals surface area contributed by atoms with Crippen LogP contribution in [0.3, 0.4) is 0 Å². The van der Waals surface area contributed by atoms with Crippen molar-refractivity contribution in [3.63, 3.8) is 0 Å². The summed E-state index contributed by atoms with van der Waals surface area (Å²) in [6.07, 6.45) is 0. The topological polar surface area (TPSA) is 69.4 Å². The molecule has 0 heterocycles. The Bertz CT molecular complexity index is 399. The summed E-state index contributed by atoms with van der Waals surface area (Å²) in [5.74, 6) is -0.975. The molecule has 4 nitrogen and oxygen atoms in total. The largest absolute Gasteiger partial charge is 0.462 e. The van der Waals surface area contributed by atoms with Crippen LogP contribution in [0.1, 0.15) is 33.2 Å². The lowest BCUT2D eigenvalue weighted by atomic mass is 10.0. The number of hydrogen-bond donors (Lipinski definition) is 1. The summed E-state index contributed by atoms with van der Waals surface area (Å²) in [7, 11) is 0. The van der Waals surface area contributed by atoms with Gasteiger partial charge in [0.15, 0.2) is 0 Å². The maximum atomic E-state index is 11.5. The van der Waals surface area contributed by atoms with Crippen LogP contribution in [0.5, 0.6) is 0 Å². The Labute approximate surface area is 88.0 Å². The number of nitrogens with two attached hydrogens (primary N) is 1. The minimum atomic E-state index is -0.543. The number of ether oxygens (including phenoxy) is 1. The fourth-order valence-corrected chi connectivity index (χ4v) is 1.33. The van der Waals surface area contributed by atoms with Crippen molar-refractivity contribution in [1.82, 2.24) is 0 Å². The second kappa shape index (κ2) is 4.59. The molecular formula is C11H13NO3. The monoisotopic (exact) mass is 207 g/mol. The Morgan fingerprint density at radius 2 is 1.93 bits per heavy atom. The van der Waals surface area contributed by atoms with Gasteiger partial charge in [-0.2, -0.15) is 0 Å². The van der Waals surface area contributed by atoms with Gasteiger partial charge in [0.05, 0.1) is 12.2 Å². The molecule has 0 saturated carbocycles. The summed E-state index contributed by atoms with van der Waals surface area (Å²) in [4.78, 5) is 22.5. The van der Waals surface area contributed by atoms with Gasteiger partial charge in [0.25, 0.3) is 0 Å². The van der Waals surface area contributed by atoms with E-state index < -0.39 is 11.9 Å². The minimum Gasteiger partial charge on any atom is -0.462 e. The Balaban J connectivity index is 3.15. The van der Waals surface area contributed by atoms with E-state index in [1.807, 2.05) is 0 Å². The van der Waals surface area contributed by atoms with Crippen LogP contribution in [0, 0.1) is 6.92 Å². The zero-order valence-electron chi connectivity index (χ0n) is 8.74. The third kappa shape index (κ3) is 2.34. The predicted molar refractivity (Wildman–Crippen MR) is 55.7 cm³/mol. The van der Waals surface area contributed by atoms with E-state index in [2.05, 4.69) is 0 Å².